The van der Waals surface area contributed by atoms with E-state index in [1.54, 1.807) is 24.3 Å². The first-order valence-electron chi connectivity index (χ1n) is 10.6. The molecule has 1 heterocycles. The van der Waals surface area contributed by atoms with E-state index in [1.807, 2.05) is 30.3 Å². The number of carbonyl (C=O) groups excluding carboxylic acids is 2. The Morgan fingerprint density at radius 3 is 1.88 bits per heavy atom. The number of fused-ring (bicyclic) bond motifs is 1. The van der Waals surface area contributed by atoms with E-state index in [9.17, 15) is 29.4 Å². The van der Waals surface area contributed by atoms with Gasteiger partial charge in [-0.15, -0.1) is 0 Å². The Morgan fingerprint density at radius 2 is 1.31 bits per heavy atom. The minimum atomic E-state index is -1.13. The lowest BCUT2D eigenvalue weighted by atomic mass is 10.0. The molecule has 3 rings (SSSR count). The third kappa shape index (κ3) is 5.59. The minimum absolute atomic E-state index is 0.188. The van der Waals surface area contributed by atoms with Gasteiger partial charge in [-0.1, -0.05) is 42.5 Å². The van der Waals surface area contributed by atoms with Gasteiger partial charge >= 0.3 is 11.9 Å². The normalized spacial score (nSPS) is 14.8. The highest BCUT2D eigenvalue weighted by molar-refractivity contribution is 6.21. The summed E-state index contributed by atoms with van der Waals surface area (Å²) in [6.07, 6.45) is 1.81. The molecule has 168 valence electrons. The molecular formula is C24H26N2O6. The molecule has 0 saturated heterocycles. The van der Waals surface area contributed by atoms with Crippen molar-refractivity contribution in [3.8, 4) is 0 Å². The largest absolute Gasteiger partial charge is 0.480 e. The fraction of sp³-hybridized carbons (Fsp3) is 0.333. The standard InChI is InChI=1S/C24H26N2O6/c27-21-17-10-4-5-11-18(17)22(28)26(21)15-7-6-12-19(23(29)30)25-20(24(31)32)14-13-16-8-2-1-3-9-16/h1-5,8-11,19-20,25H,6-7,12-15H2,(H,29,30)(H,31,32)/t19-,20+/m1/s1. The number of hydrogen-bond donors (Lipinski definition) is 3. The first kappa shape index (κ1) is 23.1. The predicted molar refractivity (Wildman–Crippen MR) is 116 cm³/mol. The number of aryl methyl sites for hydroxylation is 1. The van der Waals surface area contributed by atoms with Gasteiger partial charge in [-0.25, -0.2) is 0 Å². The number of imide groups is 1. The molecule has 8 heteroatoms. The van der Waals surface area contributed by atoms with Gasteiger partial charge in [0.1, 0.15) is 12.1 Å². The van der Waals surface area contributed by atoms with Crippen LogP contribution in [0.5, 0.6) is 0 Å². The lowest BCUT2D eigenvalue weighted by Gasteiger charge is -2.21. The average Bonchev–Trinajstić information content (AvgIpc) is 3.03. The summed E-state index contributed by atoms with van der Waals surface area (Å²) in [5.41, 5.74) is 1.74. The zero-order valence-electron chi connectivity index (χ0n) is 17.6. The predicted octanol–water partition coefficient (Wildman–Crippen LogP) is 2.58. The number of carboxylic acids is 2. The van der Waals surface area contributed by atoms with Crippen LogP contribution in [0.4, 0.5) is 0 Å². The number of carboxylic acid groups (broad SMARTS) is 2. The molecular weight excluding hydrogens is 412 g/mol. The van der Waals surface area contributed by atoms with Gasteiger partial charge < -0.3 is 10.2 Å². The number of benzene rings is 2. The summed E-state index contributed by atoms with van der Waals surface area (Å²) in [4.78, 5) is 49.2. The summed E-state index contributed by atoms with van der Waals surface area (Å²) in [5.74, 6) is -2.91. The SMILES string of the molecule is O=C(O)[C@H](CCc1ccccc1)N[C@H](CCCCN1C(=O)c2ccccc2C1=O)C(=O)O. The maximum atomic E-state index is 12.4. The summed E-state index contributed by atoms with van der Waals surface area (Å²) >= 11 is 0. The molecule has 1 aliphatic rings. The summed E-state index contributed by atoms with van der Waals surface area (Å²) in [5, 5.41) is 21.8. The van der Waals surface area contributed by atoms with Crippen molar-refractivity contribution in [3.63, 3.8) is 0 Å². The zero-order valence-corrected chi connectivity index (χ0v) is 17.6. The lowest BCUT2D eigenvalue weighted by molar-refractivity contribution is -0.142. The highest BCUT2D eigenvalue weighted by atomic mass is 16.4. The van der Waals surface area contributed by atoms with E-state index in [0.29, 0.717) is 30.4 Å². The molecule has 0 fully saturated rings. The molecule has 0 aliphatic carbocycles. The fourth-order valence-corrected chi connectivity index (χ4v) is 3.82. The smallest absolute Gasteiger partial charge is 0.320 e. The van der Waals surface area contributed by atoms with Gasteiger partial charge in [-0.3, -0.25) is 29.4 Å². The Balaban J connectivity index is 1.49. The van der Waals surface area contributed by atoms with Crippen LogP contribution in [0.3, 0.4) is 0 Å². The van der Waals surface area contributed by atoms with Gasteiger partial charge in [-0.2, -0.15) is 0 Å². The molecule has 3 N–H and O–H groups in total. The highest BCUT2D eigenvalue weighted by Gasteiger charge is 2.34. The van der Waals surface area contributed by atoms with Crippen LogP contribution in [0.2, 0.25) is 0 Å². The lowest BCUT2D eigenvalue weighted by Crippen LogP contribution is -2.47. The molecule has 32 heavy (non-hydrogen) atoms. The van der Waals surface area contributed by atoms with E-state index < -0.39 is 24.0 Å². The fourth-order valence-electron chi connectivity index (χ4n) is 3.82. The average molecular weight is 438 g/mol. The van der Waals surface area contributed by atoms with E-state index in [1.165, 1.54) is 4.90 Å². The Hall–Kier alpha value is -3.52. The number of rotatable bonds is 12. The topological polar surface area (TPSA) is 124 Å². The van der Waals surface area contributed by atoms with E-state index in [4.69, 9.17) is 0 Å². The van der Waals surface area contributed by atoms with Crippen LogP contribution < -0.4 is 5.32 Å². The number of amides is 2. The molecule has 0 unspecified atom stereocenters. The Labute approximate surface area is 185 Å². The van der Waals surface area contributed by atoms with E-state index >= 15 is 0 Å². The van der Waals surface area contributed by atoms with Crippen molar-refractivity contribution in [2.75, 3.05) is 6.54 Å². The summed E-state index contributed by atoms with van der Waals surface area (Å²) in [6, 6.07) is 14.0. The van der Waals surface area contributed by atoms with E-state index in [2.05, 4.69) is 5.32 Å². The van der Waals surface area contributed by atoms with Crippen LogP contribution >= 0.6 is 0 Å². The second kappa shape index (κ2) is 10.7. The van der Waals surface area contributed by atoms with Crippen molar-refractivity contribution in [3.05, 3.63) is 71.3 Å². The molecule has 8 nitrogen and oxygen atoms in total. The molecule has 2 amide bonds. The summed E-state index contributed by atoms with van der Waals surface area (Å²) in [6.45, 7) is 0.190. The van der Waals surface area contributed by atoms with Crippen molar-refractivity contribution in [2.24, 2.45) is 0 Å². The number of unbranched alkanes of at least 4 members (excludes halogenated alkanes) is 1. The molecule has 1 aliphatic heterocycles. The monoisotopic (exact) mass is 438 g/mol. The Morgan fingerprint density at radius 1 is 0.781 bits per heavy atom. The van der Waals surface area contributed by atoms with Gasteiger partial charge in [0.05, 0.1) is 11.1 Å². The first-order valence-corrected chi connectivity index (χ1v) is 10.6. The van der Waals surface area contributed by atoms with Crippen LogP contribution in [0.1, 0.15) is 52.0 Å². The molecule has 0 bridgehead atoms. The van der Waals surface area contributed by atoms with Gasteiger partial charge in [0, 0.05) is 6.54 Å². The quantitative estimate of drug-likeness (QED) is 0.344. The number of aliphatic carboxylic acids is 2. The van der Waals surface area contributed by atoms with Crippen molar-refractivity contribution in [2.45, 2.75) is 44.2 Å². The van der Waals surface area contributed by atoms with Crippen molar-refractivity contribution in [1.29, 1.82) is 0 Å². The van der Waals surface area contributed by atoms with Crippen LogP contribution in [0.25, 0.3) is 0 Å². The summed E-state index contributed by atoms with van der Waals surface area (Å²) < 4.78 is 0. The maximum Gasteiger partial charge on any atom is 0.320 e. The second-order valence-electron chi connectivity index (χ2n) is 7.78. The molecule has 2 aromatic rings. The Bertz CT molecular complexity index is 956. The Kier molecular flexibility index (Phi) is 7.72. The van der Waals surface area contributed by atoms with Gasteiger partial charge in [0.2, 0.25) is 0 Å². The van der Waals surface area contributed by atoms with E-state index in [-0.39, 0.29) is 31.2 Å². The number of nitrogens with zero attached hydrogens (tertiary/aromatic N) is 1. The number of nitrogens with one attached hydrogen (secondary N) is 1. The zero-order chi connectivity index (χ0) is 23.1. The van der Waals surface area contributed by atoms with Crippen LogP contribution in [-0.2, 0) is 16.0 Å². The van der Waals surface area contributed by atoms with Gasteiger partial charge in [0.15, 0.2) is 0 Å². The molecule has 0 aromatic heterocycles. The third-order valence-corrected chi connectivity index (χ3v) is 5.57. The number of hydrogen-bond acceptors (Lipinski definition) is 5. The molecule has 0 saturated carbocycles. The second-order valence-corrected chi connectivity index (χ2v) is 7.78. The maximum absolute atomic E-state index is 12.4. The first-order chi connectivity index (χ1) is 15.4. The molecule has 0 spiro atoms. The van der Waals surface area contributed by atoms with Crippen LogP contribution in [-0.4, -0.2) is 57.5 Å². The van der Waals surface area contributed by atoms with Gasteiger partial charge in [0.25, 0.3) is 11.8 Å². The van der Waals surface area contributed by atoms with Crippen molar-refractivity contribution < 1.29 is 29.4 Å². The van der Waals surface area contributed by atoms with Crippen LogP contribution in [0.15, 0.2) is 54.6 Å². The van der Waals surface area contributed by atoms with Gasteiger partial charge in [-0.05, 0) is 49.8 Å². The van der Waals surface area contributed by atoms with Crippen molar-refractivity contribution >= 4 is 23.8 Å². The van der Waals surface area contributed by atoms with Crippen LogP contribution in [0, 0.1) is 0 Å². The van der Waals surface area contributed by atoms with E-state index in [0.717, 1.165) is 5.56 Å². The molecule has 2 aromatic carbocycles. The highest BCUT2D eigenvalue weighted by Crippen LogP contribution is 2.23. The molecule has 2 atom stereocenters. The van der Waals surface area contributed by atoms with Crippen molar-refractivity contribution in [1.82, 2.24) is 10.2 Å². The number of carbonyl (C=O) groups is 4. The minimum Gasteiger partial charge on any atom is -0.480 e. The summed E-state index contributed by atoms with van der Waals surface area (Å²) in [7, 11) is 0. The molecule has 0 radical (unpaired) electrons. The third-order valence-electron chi connectivity index (χ3n) is 5.57.